The molecule has 14 heavy (non-hydrogen) atoms. The standard InChI is InChI=1S/C11H15NO2/c13-6-5-12-10-7-8-3-1-2-4-9(8)11(10)14/h1-4,10-14H,5-7H2. The van der Waals surface area contributed by atoms with Gasteiger partial charge in [0.1, 0.15) is 0 Å². The van der Waals surface area contributed by atoms with E-state index < -0.39 is 6.10 Å². The van der Waals surface area contributed by atoms with Crippen molar-refractivity contribution in [2.75, 3.05) is 13.2 Å². The van der Waals surface area contributed by atoms with Crippen molar-refractivity contribution >= 4 is 0 Å². The fourth-order valence-electron chi connectivity index (χ4n) is 2.01. The molecule has 0 aromatic heterocycles. The van der Waals surface area contributed by atoms with Crippen molar-refractivity contribution in [3.63, 3.8) is 0 Å². The summed E-state index contributed by atoms with van der Waals surface area (Å²) in [5, 5.41) is 21.7. The zero-order valence-corrected chi connectivity index (χ0v) is 7.98. The van der Waals surface area contributed by atoms with Gasteiger partial charge in [0.05, 0.1) is 12.7 Å². The van der Waals surface area contributed by atoms with Crippen molar-refractivity contribution < 1.29 is 10.2 Å². The minimum Gasteiger partial charge on any atom is -0.395 e. The van der Waals surface area contributed by atoms with Crippen LogP contribution in [0.1, 0.15) is 17.2 Å². The monoisotopic (exact) mass is 193 g/mol. The molecule has 76 valence electrons. The molecular weight excluding hydrogens is 178 g/mol. The minimum absolute atomic E-state index is 0.0551. The van der Waals surface area contributed by atoms with Crippen LogP contribution in [0.3, 0.4) is 0 Å². The van der Waals surface area contributed by atoms with Gasteiger partial charge in [-0.05, 0) is 17.5 Å². The predicted molar refractivity (Wildman–Crippen MR) is 54.0 cm³/mol. The van der Waals surface area contributed by atoms with Crippen molar-refractivity contribution in [3.05, 3.63) is 35.4 Å². The third-order valence-electron chi connectivity index (χ3n) is 2.71. The quantitative estimate of drug-likeness (QED) is 0.644. The molecule has 0 aliphatic heterocycles. The molecule has 3 heteroatoms. The number of nitrogens with one attached hydrogen (secondary N) is 1. The Morgan fingerprint density at radius 1 is 1.36 bits per heavy atom. The Balaban J connectivity index is 2.09. The smallest absolute Gasteiger partial charge is 0.0948 e. The van der Waals surface area contributed by atoms with Crippen molar-refractivity contribution in [3.8, 4) is 0 Å². The molecule has 0 radical (unpaired) electrons. The number of hydrogen-bond donors (Lipinski definition) is 3. The molecule has 3 N–H and O–H groups in total. The van der Waals surface area contributed by atoms with Crippen LogP contribution in [0.15, 0.2) is 24.3 Å². The molecule has 3 nitrogen and oxygen atoms in total. The van der Waals surface area contributed by atoms with Crippen molar-refractivity contribution in [1.29, 1.82) is 0 Å². The van der Waals surface area contributed by atoms with Crippen molar-refractivity contribution in [1.82, 2.24) is 5.32 Å². The van der Waals surface area contributed by atoms with Gasteiger partial charge in [-0.3, -0.25) is 0 Å². The second-order valence-electron chi connectivity index (χ2n) is 3.63. The van der Waals surface area contributed by atoms with Crippen LogP contribution in [-0.4, -0.2) is 29.4 Å². The molecule has 0 heterocycles. The highest BCUT2D eigenvalue weighted by Crippen LogP contribution is 2.30. The van der Waals surface area contributed by atoms with Gasteiger partial charge in [0.15, 0.2) is 0 Å². The van der Waals surface area contributed by atoms with Crippen LogP contribution in [0, 0.1) is 0 Å². The SMILES string of the molecule is OCCNC1Cc2ccccc2C1O. The van der Waals surface area contributed by atoms with Crippen LogP contribution >= 0.6 is 0 Å². The normalized spacial score (nSPS) is 25.0. The summed E-state index contributed by atoms with van der Waals surface area (Å²) in [5.41, 5.74) is 2.22. The summed E-state index contributed by atoms with van der Waals surface area (Å²) >= 11 is 0. The fourth-order valence-corrected chi connectivity index (χ4v) is 2.01. The molecule has 2 rings (SSSR count). The molecule has 0 fully saturated rings. The van der Waals surface area contributed by atoms with E-state index in [1.54, 1.807) is 0 Å². The van der Waals surface area contributed by atoms with E-state index in [0.717, 1.165) is 12.0 Å². The van der Waals surface area contributed by atoms with Crippen LogP contribution in [-0.2, 0) is 6.42 Å². The molecule has 1 aliphatic rings. The molecular formula is C11H15NO2. The summed E-state index contributed by atoms with van der Waals surface area (Å²) in [7, 11) is 0. The number of fused-ring (bicyclic) bond motifs is 1. The lowest BCUT2D eigenvalue weighted by molar-refractivity contribution is 0.137. The van der Waals surface area contributed by atoms with Gasteiger partial charge in [0, 0.05) is 12.6 Å². The number of hydrogen-bond acceptors (Lipinski definition) is 3. The van der Waals surface area contributed by atoms with E-state index >= 15 is 0 Å². The van der Waals surface area contributed by atoms with E-state index in [-0.39, 0.29) is 12.6 Å². The number of benzene rings is 1. The van der Waals surface area contributed by atoms with Gasteiger partial charge >= 0.3 is 0 Å². The summed E-state index contributed by atoms with van der Waals surface area (Å²) in [6.07, 6.45) is 0.412. The molecule has 1 aliphatic carbocycles. The summed E-state index contributed by atoms with van der Waals surface area (Å²) in [6.45, 7) is 0.648. The highest BCUT2D eigenvalue weighted by molar-refractivity contribution is 5.35. The highest BCUT2D eigenvalue weighted by Gasteiger charge is 2.29. The summed E-state index contributed by atoms with van der Waals surface area (Å²) in [4.78, 5) is 0. The van der Waals surface area contributed by atoms with Gasteiger partial charge in [-0.1, -0.05) is 24.3 Å². The van der Waals surface area contributed by atoms with Gasteiger partial charge in [-0.2, -0.15) is 0 Å². The Morgan fingerprint density at radius 2 is 2.14 bits per heavy atom. The minimum atomic E-state index is -0.433. The van der Waals surface area contributed by atoms with Gasteiger partial charge in [-0.15, -0.1) is 0 Å². The molecule has 0 spiro atoms. The maximum absolute atomic E-state index is 9.92. The van der Waals surface area contributed by atoms with Crippen LogP contribution in [0.25, 0.3) is 0 Å². The van der Waals surface area contributed by atoms with E-state index in [0.29, 0.717) is 6.54 Å². The molecule has 0 saturated heterocycles. The number of aliphatic hydroxyl groups is 2. The Bertz CT molecular complexity index is 314. The summed E-state index contributed by atoms with van der Waals surface area (Å²) in [6, 6.07) is 7.98. The lowest BCUT2D eigenvalue weighted by Crippen LogP contribution is -2.34. The number of rotatable bonds is 3. The lowest BCUT2D eigenvalue weighted by Gasteiger charge is -2.15. The molecule has 2 unspecified atom stereocenters. The molecule has 2 atom stereocenters. The lowest BCUT2D eigenvalue weighted by atomic mass is 10.1. The van der Waals surface area contributed by atoms with E-state index in [9.17, 15) is 5.11 Å². The maximum atomic E-state index is 9.92. The maximum Gasteiger partial charge on any atom is 0.0948 e. The van der Waals surface area contributed by atoms with Crippen molar-refractivity contribution in [2.24, 2.45) is 0 Å². The van der Waals surface area contributed by atoms with Crippen LogP contribution in [0.4, 0.5) is 0 Å². The van der Waals surface area contributed by atoms with Gasteiger partial charge < -0.3 is 15.5 Å². The first-order valence-corrected chi connectivity index (χ1v) is 4.93. The van der Waals surface area contributed by atoms with Crippen LogP contribution in [0.2, 0.25) is 0 Å². The van der Waals surface area contributed by atoms with E-state index in [1.165, 1.54) is 5.56 Å². The van der Waals surface area contributed by atoms with E-state index in [1.807, 2.05) is 24.3 Å². The van der Waals surface area contributed by atoms with Crippen LogP contribution in [0.5, 0.6) is 0 Å². The largest absolute Gasteiger partial charge is 0.395 e. The Hall–Kier alpha value is -0.900. The van der Waals surface area contributed by atoms with Gasteiger partial charge in [0.2, 0.25) is 0 Å². The Morgan fingerprint density at radius 3 is 2.86 bits per heavy atom. The molecule has 0 saturated carbocycles. The second-order valence-corrected chi connectivity index (χ2v) is 3.63. The Kier molecular flexibility index (Phi) is 2.82. The summed E-state index contributed by atoms with van der Waals surface area (Å²) in [5.74, 6) is 0. The highest BCUT2D eigenvalue weighted by atomic mass is 16.3. The third kappa shape index (κ3) is 1.66. The zero-order valence-electron chi connectivity index (χ0n) is 7.98. The van der Waals surface area contributed by atoms with Gasteiger partial charge in [0.25, 0.3) is 0 Å². The van der Waals surface area contributed by atoms with Crippen molar-refractivity contribution in [2.45, 2.75) is 18.6 Å². The summed E-state index contributed by atoms with van der Waals surface area (Å²) < 4.78 is 0. The zero-order chi connectivity index (χ0) is 9.97. The molecule has 0 amide bonds. The average Bonchev–Trinajstić information content (AvgIpc) is 2.54. The molecule has 1 aromatic rings. The van der Waals surface area contributed by atoms with Gasteiger partial charge in [-0.25, -0.2) is 0 Å². The molecule has 0 bridgehead atoms. The van der Waals surface area contributed by atoms with E-state index in [4.69, 9.17) is 5.11 Å². The second kappa shape index (κ2) is 4.09. The topological polar surface area (TPSA) is 52.5 Å². The third-order valence-corrected chi connectivity index (χ3v) is 2.71. The fraction of sp³-hybridized carbons (Fsp3) is 0.455. The van der Waals surface area contributed by atoms with E-state index in [2.05, 4.69) is 5.32 Å². The first kappa shape index (κ1) is 9.65. The first-order chi connectivity index (χ1) is 6.83. The predicted octanol–water partition coefficient (Wildman–Crippen LogP) is 0.227. The number of aliphatic hydroxyl groups excluding tert-OH is 2. The first-order valence-electron chi connectivity index (χ1n) is 4.93. The average molecular weight is 193 g/mol. The van der Waals surface area contributed by atoms with Crippen LogP contribution < -0.4 is 5.32 Å². The Labute approximate surface area is 83.4 Å². The molecule has 1 aromatic carbocycles.